The van der Waals surface area contributed by atoms with Crippen LogP contribution in [0.25, 0.3) is 0 Å². The highest BCUT2D eigenvalue weighted by atomic mass is 35.5. The molecule has 0 aromatic heterocycles. The predicted octanol–water partition coefficient (Wildman–Crippen LogP) is 3.52. The molecule has 2 amide bonds. The fourth-order valence-corrected chi connectivity index (χ4v) is 4.64. The minimum Gasteiger partial charge on any atom is -0.374 e. The number of unbranched alkanes of at least 4 members (excludes halogenated alkanes) is 4. The van der Waals surface area contributed by atoms with E-state index in [4.69, 9.17) is 16.3 Å². The number of hydrogen-bond donors (Lipinski definition) is 2. The van der Waals surface area contributed by atoms with Crippen LogP contribution >= 0.6 is 11.6 Å². The maximum atomic E-state index is 12.1. The van der Waals surface area contributed by atoms with E-state index in [1.807, 2.05) is 6.08 Å². The second-order valence-corrected chi connectivity index (χ2v) is 8.71. The Morgan fingerprint density at radius 1 is 1.00 bits per heavy atom. The lowest BCUT2D eigenvalue weighted by molar-refractivity contribution is -0.126. The van der Waals surface area contributed by atoms with E-state index < -0.39 is 0 Å². The Hall–Kier alpha value is -1.40. The summed E-state index contributed by atoms with van der Waals surface area (Å²) >= 11 is 5.48. The van der Waals surface area contributed by atoms with Gasteiger partial charge in [-0.15, -0.1) is 11.6 Å². The first kappa shape index (κ1) is 24.9. The zero-order valence-electron chi connectivity index (χ0n) is 18.2. The van der Waals surface area contributed by atoms with Crippen molar-refractivity contribution < 1.29 is 19.1 Å². The Labute approximate surface area is 185 Å². The number of alkyl halides is 1. The SMILES string of the molecule is CCCCCC(=O)NCC(=O)NC[C@@H]1[C@H](CCCCC=CC(=O)CCl)[C@@H]2CC[C@H]1O2. The van der Waals surface area contributed by atoms with Crippen molar-refractivity contribution in [3.8, 4) is 0 Å². The molecule has 6 nitrogen and oxygen atoms in total. The quantitative estimate of drug-likeness (QED) is 0.232. The minimum atomic E-state index is -0.130. The van der Waals surface area contributed by atoms with Gasteiger partial charge in [-0.05, 0) is 50.5 Å². The predicted molar refractivity (Wildman–Crippen MR) is 118 cm³/mol. The molecule has 2 fully saturated rings. The van der Waals surface area contributed by atoms with E-state index in [0.717, 1.165) is 57.8 Å². The molecule has 2 N–H and O–H groups in total. The van der Waals surface area contributed by atoms with Gasteiger partial charge in [-0.2, -0.15) is 0 Å². The third-order valence-corrected chi connectivity index (χ3v) is 6.44. The monoisotopic (exact) mass is 440 g/mol. The van der Waals surface area contributed by atoms with Crippen LogP contribution in [0.5, 0.6) is 0 Å². The van der Waals surface area contributed by atoms with E-state index in [2.05, 4.69) is 17.6 Å². The number of ether oxygens (including phenoxy) is 1. The third kappa shape index (κ3) is 8.38. The Balaban J connectivity index is 1.65. The molecule has 0 spiro atoms. The van der Waals surface area contributed by atoms with Crippen molar-refractivity contribution >= 4 is 29.2 Å². The second kappa shape index (κ2) is 13.8. The molecular formula is C23H37ClN2O4. The molecule has 4 atom stereocenters. The lowest BCUT2D eigenvalue weighted by Crippen LogP contribution is -2.42. The van der Waals surface area contributed by atoms with Crippen molar-refractivity contribution in [1.29, 1.82) is 0 Å². The lowest BCUT2D eigenvalue weighted by Gasteiger charge is -2.28. The van der Waals surface area contributed by atoms with Gasteiger partial charge in [-0.25, -0.2) is 0 Å². The van der Waals surface area contributed by atoms with E-state index in [9.17, 15) is 14.4 Å². The highest BCUT2D eigenvalue weighted by Gasteiger charge is 2.48. The summed E-state index contributed by atoms with van der Waals surface area (Å²) in [6, 6.07) is 0. The average Bonchev–Trinajstić information content (AvgIpc) is 3.35. The van der Waals surface area contributed by atoms with E-state index in [1.165, 1.54) is 0 Å². The number of ketones is 1. The summed E-state index contributed by atoms with van der Waals surface area (Å²) < 4.78 is 6.11. The Bertz CT molecular complexity index is 596. The number of allylic oxidation sites excluding steroid dienone is 2. The smallest absolute Gasteiger partial charge is 0.239 e. The molecule has 0 unspecified atom stereocenters. The van der Waals surface area contributed by atoms with Crippen LogP contribution in [0.15, 0.2) is 12.2 Å². The summed E-state index contributed by atoms with van der Waals surface area (Å²) in [5.74, 6) is 0.624. The molecule has 2 aliphatic rings. The van der Waals surface area contributed by atoms with Gasteiger partial charge < -0.3 is 15.4 Å². The number of carbonyl (C=O) groups excluding carboxylic acids is 3. The number of rotatable bonds is 15. The molecule has 0 aromatic rings. The third-order valence-electron chi connectivity index (χ3n) is 6.17. The Morgan fingerprint density at radius 3 is 2.50 bits per heavy atom. The van der Waals surface area contributed by atoms with Crippen LogP contribution in [0.4, 0.5) is 0 Å². The van der Waals surface area contributed by atoms with Gasteiger partial charge in [0.15, 0.2) is 5.78 Å². The lowest BCUT2D eigenvalue weighted by atomic mass is 9.76. The van der Waals surface area contributed by atoms with Crippen LogP contribution < -0.4 is 10.6 Å². The molecule has 0 aliphatic carbocycles. The van der Waals surface area contributed by atoms with E-state index in [-0.39, 0.29) is 36.1 Å². The van der Waals surface area contributed by atoms with Crippen LogP contribution in [0.2, 0.25) is 0 Å². The van der Waals surface area contributed by atoms with E-state index in [0.29, 0.717) is 30.9 Å². The largest absolute Gasteiger partial charge is 0.374 e. The number of hydrogen-bond acceptors (Lipinski definition) is 4. The van der Waals surface area contributed by atoms with Crippen LogP contribution in [0.1, 0.15) is 71.1 Å². The fourth-order valence-electron chi connectivity index (χ4n) is 4.55. The summed E-state index contributed by atoms with van der Waals surface area (Å²) in [4.78, 5) is 35.1. The zero-order valence-corrected chi connectivity index (χ0v) is 18.9. The van der Waals surface area contributed by atoms with Gasteiger partial charge in [0.2, 0.25) is 11.8 Å². The van der Waals surface area contributed by atoms with Gasteiger partial charge >= 0.3 is 0 Å². The number of carbonyl (C=O) groups is 3. The van der Waals surface area contributed by atoms with Crippen molar-refractivity contribution in [2.45, 2.75) is 83.3 Å². The molecule has 0 radical (unpaired) electrons. The van der Waals surface area contributed by atoms with Gasteiger partial charge in [-0.3, -0.25) is 14.4 Å². The average molecular weight is 441 g/mol. The molecule has 2 rings (SSSR count). The number of amides is 2. The zero-order chi connectivity index (χ0) is 21.8. The maximum Gasteiger partial charge on any atom is 0.239 e. The Morgan fingerprint density at radius 2 is 1.77 bits per heavy atom. The molecule has 2 bridgehead atoms. The molecule has 7 heteroatoms. The standard InChI is InChI=1S/C23H37ClN2O4/c1-2-3-6-11-22(28)26-16-23(29)25-15-19-18(20-12-13-21(19)30-20)10-8-5-4-7-9-17(27)14-24/h7,9,18-21H,2-6,8,10-16H2,1H3,(H,25,29)(H,26,28)/t18-,19+,20-,21+/m0/s1. The van der Waals surface area contributed by atoms with Crippen molar-refractivity contribution in [2.75, 3.05) is 19.0 Å². The minimum absolute atomic E-state index is 0.0366. The highest BCUT2D eigenvalue weighted by Crippen LogP contribution is 2.45. The van der Waals surface area contributed by atoms with Gasteiger partial charge in [0.05, 0.1) is 24.6 Å². The van der Waals surface area contributed by atoms with Crippen molar-refractivity contribution in [1.82, 2.24) is 10.6 Å². The summed E-state index contributed by atoms with van der Waals surface area (Å²) in [6.07, 6.45) is 13.7. The summed E-state index contributed by atoms with van der Waals surface area (Å²) in [6.45, 7) is 2.76. The van der Waals surface area contributed by atoms with Crippen LogP contribution in [-0.4, -0.2) is 48.8 Å². The van der Waals surface area contributed by atoms with Crippen molar-refractivity contribution in [3.63, 3.8) is 0 Å². The summed E-state index contributed by atoms with van der Waals surface area (Å²) in [5, 5.41) is 5.70. The van der Waals surface area contributed by atoms with Gasteiger partial charge in [0.25, 0.3) is 0 Å². The normalized spacial score (nSPS) is 25.0. The first-order chi connectivity index (χ1) is 14.5. The first-order valence-corrected chi connectivity index (χ1v) is 12.0. The van der Waals surface area contributed by atoms with Gasteiger partial charge in [-0.1, -0.05) is 32.3 Å². The fraction of sp³-hybridized carbons (Fsp3) is 0.783. The molecular weight excluding hydrogens is 404 g/mol. The van der Waals surface area contributed by atoms with Gasteiger partial charge in [0.1, 0.15) is 0 Å². The van der Waals surface area contributed by atoms with Crippen molar-refractivity contribution in [2.24, 2.45) is 11.8 Å². The molecule has 0 saturated carbocycles. The van der Waals surface area contributed by atoms with Gasteiger partial charge in [0, 0.05) is 18.9 Å². The molecule has 2 saturated heterocycles. The summed E-state index contributed by atoms with van der Waals surface area (Å²) in [5.41, 5.74) is 0. The second-order valence-electron chi connectivity index (χ2n) is 8.44. The van der Waals surface area contributed by atoms with E-state index >= 15 is 0 Å². The number of fused-ring (bicyclic) bond motifs is 2. The van der Waals surface area contributed by atoms with Crippen LogP contribution in [0.3, 0.4) is 0 Å². The van der Waals surface area contributed by atoms with Crippen LogP contribution in [0, 0.1) is 11.8 Å². The molecule has 2 heterocycles. The molecule has 0 aromatic carbocycles. The van der Waals surface area contributed by atoms with Crippen molar-refractivity contribution in [3.05, 3.63) is 12.2 Å². The topological polar surface area (TPSA) is 84.5 Å². The maximum absolute atomic E-state index is 12.1. The number of nitrogens with one attached hydrogen (secondary N) is 2. The Kier molecular flexibility index (Phi) is 11.4. The van der Waals surface area contributed by atoms with Crippen LogP contribution in [-0.2, 0) is 19.1 Å². The number of halogens is 1. The first-order valence-electron chi connectivity index (χ1n) is 11.5. The van der Waals surface area contributed by atoms with E-state index in [1.54, 1.807) is 6.08 Å². The summed E-state index contributed by atoms with van der Waals surface area (Å²) in [7, 11) is 0. The highest BCUT2D eigenvalue weighted by molar-refractivity contribution is 6.29. The molecule has 170 valence electrons. The molecule has 30 heavy (non-hydrogen) atoms. The molecule has 2 aliphatic heterocycles.